The number of amides is 2. The van der Waals surface area contributed by atoms with Crippen molar-refractivity contribution in [2.24, 2.45) is 5.92 Å². The number of nitrogens with zero attached hydrogens (tertiary/aromatic N) is 1. The summed E-state index contributed by atoms with van der Waals surface area (Å²) in [5.41, 5.74) is 3.12. The minimum Gasteiger partial charge on any atom is -0.484 e. The van der Waals surface area contributed by atoms with Gasteiger partial charge in [-0.1, -0.05) is 30.3 Å². The number of benzene rings is 2. The van der Waals surface area contributed by atoms with Crippen LogP contribution in [0.25, 0.3) is 0 Å². The Kier molecular flexibility index (Phi) is 6.12. The third-order valence-corrected chi connectivity index (χ3v) is 5.19. The number of rotatable bonds is 5. The van der Waals surface area contributed by atoms with E-state index in [1.807, 2.05) is 62.4 Å². The second-order valence-electron chi connectivity index (χ2n) is 6.99. The summed E-state index contributed by atoms with van der Waals surface area (Å²) in [5.74, 6) is 0.626. The maximum atomic E-state index is 12.6. The Morgan fingerprint density at radius 2 is 1.74 bits per heavy atom. The zero-order valence-corrected chi connectivity index (χ0v) is 15.9. The molecule has 2 aromatic rings. The van der Waals surface area contributed by atoms with Gasteiger partial charge in [-0.2, -0.15) is 0 Å². The topological polar surface area (TPSA) is 58.6 Å². The van der Waals surface area contributed by atoms with Gasteiger partial charge < -0.3 is 15.0 Å². The highest BCUT2D eigenvalue weighted by Crippen LogP contribution is 2.23. The molecule has 0 atom stereocenters. The summed E-state index contributed by atoms with van der Waals surface area (Å²) in [6.45, 7) is 5.25. The minimum absolute atomic E-state index is 0.0311. The lowest BCUT2D eigenvalue weighted by atomic mass is 9.95. The first-order valence-corrected chi connectivity index (χ1v) is 9.37. The Balaban J connectivity index is 1.47. The van der Waals surface area contributed by atoms with Crippen LogP contribution in [0.2, 0.25) is 0 Å². The van der Waals surface area contributed by atoms with Crippen molar-refractivity contribution in [3.8, 4) is 5.75 Å². The molecule has 3 rings (SSSR count). The molecule has 2 aromatic carbocycles. The molecular weight excluding hydrogens is 340 g/mol. The third-order valence-electron chi connectivity index (χ3n) is 5.19. The van der Waals surface area contributed by atoms with E-state index >= 15 is 0 Å². The summed E-state index contributed by atoms with van der Waals surface area (Å²) in [7, 11) is 0. The summed E-state index contributed by atoms with van der Waals surface area (Å²) >= 11 is 0. The number of aryl methyl sites for hydroxylation is 1. The van der Waals surface area contributed by atoms with Crippen molar-refractivity contribution >= 4 is 17.5 Å². The number of hydrogen-bond acceptors (Lipinski definition) is 3. The Hall–Kier alpha value is -2.82. The van der Waals surface area contributed by atoms with E-state index in [0.29, 0.717) is 31.7 Å². The lowest BCUT2D eigenvalue weighted by molar-refractivity contribution is -0.136. The highest BCUT2D eigenvalue weighted by Gasteiger charge is 2.27. The predicted molar refractivity (Wildman–Crippen MR) is 106 cm³/mol. The van der Waals surface area contributed by atoms with Gasteiger partial charge in [0.05, 0.1) is 0 Å². The molecule has 0 unspecified atom stereocenters. The molecule has 0 spiro atoms. The molecule has 5 heteroatoms. The fourth-order valence-corrected chi connectivity index (χ4v) is 3.27. The highest BCUT2D eigenvalue weighted by molar-refractivity contribution is 5.93. The van der Waals surface area contributed by atoms with Gasteiger partial charge in [-0.3, -0.25) is 9.59 Å². The number of carbonyl (C=O) groups is 2. The molecular formula is C22H26N2O3. The van der Waals surface area contributed by atoms with Crippen molar-refractivity contribution in [1.82, 2.24) is 4.90 Å². The van der Waals surface area contributed by atoms with Crippen LogP contribution in [-0.2, 0) is 9.59 Å². The van der Waals surface area contributed by atoms with Crippen molar-refractivity contribution in [2.45, 2.75) is 26.7 Å². The Bertz CT molecular complexity index is 796. The lowest BCUT2D eigenvalue weighted by Gasteiger charge is -2.31. The molecule has 0 radical (unpaired) electrons. The zero-order chi connectivity index (χ0) is 19.2. The summed E-state index contributed by atoms with van der Waals surface area (Å²) in [6.07, 6.45) is 1.35. The molecule has 2 amide bonds. The van der Waals surface area contributed by atoms with Crippen LogP contribution in [0, 0.1) is 19.8 Å². The summed E-state index contributed by atoms with van der Waals surface area (Å²) in [4.78, 5) is 26.7. The number of anilines is 1. The molecule has 0 saturated carbocycles. The maximum absolute atomic E-state index is 12.6. The predicted octanol–water partition coefficient (Wildman–Crippen LogP) is 3.56. The maximum Gasteiger partial charge on any atom is 0.260 e. The largest absolute Gasteiger partial charge is 0.484 e. The van der Waals surface area contributed by atoms with Crippen molar-refractivity contribution in [2.75, 3.05) is 25.0 Å². The fourth-order valence-electron chi connectivity index (χ4n) is 3.27. The smallest absolute Gasteiger partial charge is 0.260 e. The molecule has 142 valence electrons. The molecule has 1 aliphatic rings. The van der Waals surface area contributed by atoms with E-state index in [1.165, 1.54) is 0 Å². The van der Waals surface area contributed by atoms with Crippen LogP contribution >= 0.6 is 0 Å². The molecule has 0 bridgehead atoms. The van der Waals surface area contributed by atoms with Gasteiger partial charge in [0.25, 0.3) is 5.91 Å². The molecule has 5 nitrogen and oxygen atoms in total. The number of likely N-dealkylation sites (tertiary alicyclic amines) is 1. The molecule has 1 N–H and O–H groups in total. The summed E-state index contributed by atoms with van der Waals surface area (Å²) in [5, 5.41) is 3.04. The SMILES string of the molecule is Cc1cccc(NC(=O)C2CCN(C(=O)COc3ccccc3)CC2)c1C. The van der Waals surface area contributed by atoms with Gasteiger partial charge in [-0.15, -0.1) is 0 Å². The van der Waals surface area contributed by atoms with E-state index in [9.17, 15) is 9.59 Å². The summed E-state index contributed by atoms with van der Waals surface area (Å²) < 4.78 is 5.53. The van der Waals surface area contributed by atoms with Crippen LogP contribution in [0.5, 0.6) is 5.75 Å². The summed E-state index contributed by atoms with van der Waals surface area (Å²) in [6, 6.07) is 15.2. The minimum atomic E-state index is -0.0657. The van der Waals surface area contributed by atoms with Crippen LogP contribution in [0.4, 0.5) is 5.69 Å². The van der Waals surface area contributed by atoms with E-state index in [0.717, 1.165) is 16.8 Å². The van der Waals surface area contributed by atoms with Gasteiger partial charge in [0, 0.05) is 24.7 Å². The normalized spacial score (nSPS) is 14.7. The zero-order valence-electron chi connectivity index (χ0n) is 15.9. The van der Waals surface area contributed by atoms with Gasteiger partial charge in [0.2, 0.25) is 5.91 Å². The van der Waals surface area contributed by atoms with E-state index < -0.39 is 0 Å². The number of piperidine rings is 1. The van der Waals surface area contributed by atoms with Crippen molar-refractivity contribution in [3.05, 3.63) is 59.7 Å². The van der Waals surface area contributed by atoms with E-state index in [1.54, 1.807) is 4.90 Å². The van der Waals surface area contributed by atoms with Crippen LogP contribution in [0.15, 0.2) is 48.5 Å². The van der Waals surface area contributed by atoms with Crippen LogP contribution < -0.4 is 10.1 Å². The molecule has 1 fully saturated rings. The first kappa shape index (κ1) is 19.0. The fraction of sp³-hybridized carbons (Fsp3) is 0.364. The van der Waals surface area contributed by atoms with Crippen LogP contribution in [-0.4, -0.2) is 36.4 Å². The van der Waals surface area contributed by atoms with E-state index in [2.05, 4.69) is 5.32 Å². The third kappa shape index (κ3) is 4.88. The van der Waals surface area contributed by atoms with Gasteiger partial charge in [0.1, 0.15) is 5.75 Å². The van der Waals surface area contributed by atoms with Crippen LogP contribution in [0.1, 0.15) is 24.0 Å². The number of ether oxygens (including phenoxy) is 1. The number of carbonyl (C=O) groups excluding carboxylic acids is 2. The van der Waals surface area contributed by atoms with Gasteiger partial charge >= 0.3 is 0 Å². The molecule has 1 heterocycles. The lowest BCUT2D eigenvalue weighted by Crippen LogP contribution is -2.43. The Morgan fingerprint density at radius 3 is 2.44 bits per heavy atom. The first-order chi connectivity index (χ1) is 13.0. The second-order valence-corrected chi connectivity index (χ2v) is 6.99. The monoisotopic (exact) mass is 366 g/mol. The average Bonchev–Trinajstić information content (AvgIpc) is 2.70. The molecule has 27 heavy (non-hydrogen) atoms. The molecule has 1 saturated heterocycles. The van der Waals surface area contributed by atoms with Crippen molar-refractivity contribution in [1.29, 1.82) is 0 Å². The van der Waals surface area contributed by atoms with Crippen LogP contribution in [0.3, 0.4) is 0 Å². The second kappa shape index (κ2) is 8.71. The number of hydrogen-bond donors (Lipinski definition) is 1. The Morgan fingerprint density at radius 1 is 1.04 bits per heavy atom. The molecule has 0 aliphatic carbocycles. The number of para-hydroxylation sites is 1. The standard InChI is InChI=1S/C22H26N2O3/c1-16-7-6-10-20(17(16)2)23-22(26)18-11-13-24(14-12-18)21(25)15-27-19-8-4-3-5-9-19/h3-10,18H,11-15H2,1-2H3,(H,23,26). The van der Waals surface area contributed by atoms with E-state index in [-0.39, 0.29) is 24.3 Å². The average molecular weight is 366 g/mol. The van der Waals surface area contributed by atoms with Gasteiger partial charge in [-0.25, -0.2) is 0 Å². The van der Waals surface area contributed by atoms with E-state index in [4.69, 9.17) is 4.74 Å². The quantitative estimate of drug-likeness (QED) is 0.880. The molecule has 1 aliphatic heterocycles. The first-order valence-electron chi connectivity index (χ1n) is 9.37. The number of nitrogens with one attached hydrogen (secondary N) is 1. The van der Waals surface area contributed by atoms with Gasteiger partial charge in [0.15, 0.2) is 6.61 Å². The van der Waals surface area contributed by atoms with Gasteiger partial charge in [-0.05, 0) is 56.0 Å². The molecule has 0 aromatic heterocycles. The highest BCUT2D eigenvalue weighted by atomic mass is 16.5. The van der Waals surface area contributed by atoms with Crippen molar-refractivity contribution in [3.63, 3.8) is 0 Å². The van der Waals surface area contributed by atoms with Crippen molar-refractivity contribution < 1.29 is 14.3 Å². The Labute approximate surface area is 160 Å².